The molecule has 0 aromatic carbocycles. The summed E-state index contributed by atoms with van der Waals surface area (Å²) in [5.41, 5.74) is 0.515. The van der Waals surface area contributed by atoms with Crippen LogP contribution in [0, 0.1) is 16.7 Å². The quantitative estimate of drug-likeness (QED) is 0.681. The molecule has 0 radical (unpaired) electrons. The van der Waals surface area contributed by atoms with Crippen LogP contribution in [0.15, 0.2) is 11.8 Å². The normalized spacial score (nSPS) is 25.7. The van der Waals surface area contributed by atoms with Gasteiger partial charge in [0.2, 0.25) is 0 Å². The smallest absolute Gasteiger partial charge is 0.158 e. The van der Waals surface area contributed by atoms with E-state index < -0.39 is 5.41 Å². The molecule has 0 aromatic heterocycles. The van der Waals surface area contributed by atoms with Crippen LogP contribution < -0.4 is 0 Å². The summed E-state index contributed by atoms with van der Waals surface area (Å²) in [6, 6.07) is 2.41. The molecule has 0 aromatic rings. The first kappa shape index (κ1) is 14.7. The molecule has 1 saturated carbocycles. The highest BCUT2D eigenvalue weighted by Crippen LogP contribution is 2.44. The molecule has 0 aliphatic heterocycles. The Labute approximate surface area is 109 Å². The Morgan fingerprint density at radius 3 is 2.89 bits per heavy atom. The van der Waals surface area contributed by atoms with Crippen LogP contribution in [0.1, 0.15) is 38.5 Å². The summed E-state index contributed by atoms with van der Waals surface area (Å²) in [6.45, 7) is 0.130. The van der Waals surface area contributed by atoms with Crippen molar-refractivity contribution in [2.45, 2.75) is 38.5 Å². The third-order valence-corrected chi connectivity index (χ3v) is 3.52. The van der Waals surface area contributed by atoms with Gasteiger partial charge in [0.15, 0.2) is 5.78 Å². The minimum absolute atomic E-state index is 0.0504. The second-order valence-corrected chi connectivity index (χ2v) is 4.75. The number of ether oxygens (including phenoxy) is 2. The van der Waals surface area contributed by atoms with Gasteiger partial charge in [0.05, 0.1) is 24.9 Å². The molecule has 4 heteroatoms. The molecule has 1 aliphatic rings. The van der Waals surface area contributed by atoms with Gasteiger partial charge in [-0.2, -0.15) is 5.26 Å². The predicted octanol–water partition coefficient (Wildman–Crippen LogP) is 2.60. The minimum Gasteiger partial charge on any atom is -0.504 e. The number of carbonyl (C=O) groups is 1. The number of Topliss-reactive ketones (excluding diaryl/α,β-unsaturated/α-hetero) is 1. The maximum absolute atomic E-state index is 11.5. The van der Waals surface area contributed by atoms with Gasteiger partial charge in [0.25, 0.3) is 0 Å². The molecule has 4 nitrogen and oxygen atoms in total. The Hall–Kier alpha value is -1.34. The number of nitriles is 1. The minimum atomic E-state index is -0.516. The Morgan fingerprint density at radius 2 is 2.28 bits per heavy atom. The summed E-state index contributed by atoms with van der Waals surface area (Å²) >= 11 is 0. The summed E-state index contributed by atoms with van der Waals surface area (Å²) in [5, 5.41) is 9.49. The first-order chi connectivity index (χ1) is 8.68. The predicted molar refractivity (Wildman–Crippen MR) is 67.7 cm³/mol. The molecule has 0 spiro atoms. The zero-order valence-corrected chi connectivity index (χ0v) is 11.2. The topological polar surface area (TPSA) is 59.3 Å². The second-order valence-electron chi connectivity index (χ2n) is 4.75. The fraction of sp³-hybridized carbons (Fsp3) is 0.714. The van der Waals surface area contributed by atoms with E-state index >= 15 is 0 Å². The van der Waals surface area contributed by atoms with Gasteiger partial charge < -0.3 is 9.47 Å². The van der Waals surface area contributed by atoms with Gasteiger partial charge in [-0.25, -0.2) is 0 Å². The molecule has 0 N–H and O–H groups in total. The van der Waals surface area contributed by atoms with Crippen molar-refractivity contribution < 1.29 is 14.3 Å². The van der Waals surface area contributed by atoms with Crippen molar-refractivity contribution in [3.05, 3.63) is 11.8 Å². The molecule has 1 atom stereocenters. The van der Waals surface area contributed by atoms with E-state index in [1.807, 2.05) is 0 Å². The molecule has 1 rings (SSSR count). The van der Waals surface area contributed by atoms with Crippen molar-refractivity contribution in [3.63, 3.8) is 0 Å². The lowest BCUT2D eigenvalue weighted by atomic mass is 9.69. The molecule has 0 amide bonds. The number of rotatable bonds is 6. The van der Waals surface area contributed by atoms with Crippen LogP contribution in [0.4, 0.5) is 0 Å². The Kier molecular flexibility index (Phi) is 5.87. The number of allylic oxidation sites excluding steroid dienone is 1. The highest BCUT2D eigenvalue weighted by molar-refractivity contribution is 5.79. The number of methoxy groups -OCH3 is 2. The molecular weight excluding hydrogens is 230 g/mol. The standard InChI is InChI=1S/C14H21NO3/c1-17-9-12-5-3-4-7-14(12,11-15)8-6-13(16)10-18-2/h9H,3-8,10H2,1-2H3/b12-9+. The fourth-order valence-electron chi connectivity index (χ4n) is 2.51. The third kappa shape index (κ3) is 3.58. The van der Waals surface area contributed by atoms with Gasteiger partial charge in [-0.05, 0) is 31.3 Å². The van der Waals surface area contributed by atoms with Gasteiger partial charge in [-0.3, -0.25) is 4.79 Å². The molecule has 0 bridgehead atoms. The first-order valence-electron chi connectivity index (χ1n) is 6.33. The van der Waals surface area contributed by atoms with Gasteiger partial charge >= 0.3 is 0 Å². The van der Waals surface area contributed by atoms with Crippen LogP contribution >= 0.6 is 0 Å². The van der Waals surface area contributed by atoms with Gasteiger partial charge in [0.1, 0.15) is 6.61 Å². The second kappa shape index (κ2) is 7.17. The lowest BCUT2D eigenvalue weighted by Gasteiger charge is -2.33. The van der Waals surface area contributed by atoms with Crippen LogP contribution in [-0.2, 0) is 14.3 Å². The number of nitrogens with zero attached hydrogens (tertiary/aromatic N) is 1. The van der Waals surface area contributed by atoms with Crippen LogP contribution in [-0.4, -0.2) is 26.6 Å². The van der Waals surface area contributed by atoms with E-state index in [0.717, 1.165) is 31.3 Å². The molecule has 1 unspecified atom stereocenters. The zero-order valence-electron chi connectivity index (χ0n) is 11.2. The summed E-state index contributed by atoms with van der Waals surface area (Å²) in [4.78, 5) is 11.5. The van der Waals surface area contributed by atoms with Gasteiger partial charge in [-0.1, -0.05) is 6.42 Å². The molecule has 0 heterocycles. The molecule has 1 aliphatic carbocycles. The van der Waals surface area contributed by atoms with E-state index in [1.165, 1.54) is 7.11 Å². The van der Waals surface area contributed by atoms with Crippen LogP contribution in [0.25, 0.3) is 0 Å². The molecule has 100 valence electrons. The third-order valence-electron chi connectivity index (χ3n) is 3.52. The van der Waals surface area contributed by atoms with Crippen molar-refractivity contribution in [2.24, 2.45) is 5.41 Å². The van der Waals surface area contributed by atoms with Crippen molar-refractivity contribution in [1.29, 1.82) is 5.26 Å². The van der Waals surface area contributed by atoms with Crippen molar-refractivity contribution >= 4 is 5.78 Å². The first-order valence-corrected chi connectivity index (χ1v) is 6.33. The summed E-state index contributed by atoms with van der Waals surface area (Å²) in [5.74, 6) is 0.0504. The van der Waals surface area contributed by atoms with E-state index in [4.69, 9.17) is 9.47 Å². The molecular formula is C14H21NO3. The van der Waals surface area contributed by atoms with E-state index in [9.17, 15) is 10.1 Å². The van der Waals surface area contributed by atoms with Gasteiger partial charge in [0, 0.05) is 13.5 Å². The average Bonchev–Trinajstić information content (AvgIpc) is 2.39. The molecule has 18 heavy (non-hydrogen) atoms. The summed E-state index contributed by atoms with van der Waals surface area (Å²) in [7, 11) is 3.11. The monoisotopic (exact) mass is 251 g/mol. The fourth-order valence-corrected chi connectivity index (χ4v) is 2.51. The number of hydrogen-bond donors (Lipinski definition) is 0. The van der Waals surface area contributed by atoms with Crippen LogP contribution in [0.5, 0.6) is 0 Å². The molecule has 1 fully saturated rings. The highest BCUT2D eigenvalue weighted by Gasteiger charge is 2.37. The number of ketones is 1. The number of carbonyl (C=O) groups excluding carboxylic acids is 1. The average molecular weight is 251 g/mol. The summed E-state index contributed by atoms with van der Waals surface area (Å²) in [6.07, 6.45) is 6.48. The highest BCUT2D eigenvalue weighted by atomic mass is 16.5. The maximum Gasteiger partial charge on any atom is 0.158 e. The lowest BCUT2D eigenvalue weighted by Crippen LogP contribution is -2.27. The zero-order chi connectivity index (χ0) is 13.4. The van der Waals surface area contributed by atoms with E-state index in [0.29, 0.717) is 12.8 Å². The van der Waals surface area contributed by atoms with Crippen molar-refractivity contribution in [2.75, 3.05) is 20.8 Å². The Morgan fingerprint density at radius 1 is 1.50 bits per heavy atom. The maximum atomic E-state index is 11.5. The summed E-state index contributed by atoms with van der Waals surface area (Å²) < 4.78 is 9.88. The van der Waals surface area contributed by atoms with Crippen LogP contribution in [0.3, 0.4) is 0 Å². The van der Waals surface area contributed by atoms with E-state index in [-0.39, 0.29) is 12.4 Å². The van der Waals surface area contributed by atoms with Gasteiger partial charge in [-0.15, -0.1) is 0 Å². The largest absolute Gasteiger partial charge is 0.504 e. The van der Waals surface area contributed by atoms with E-state index in [1.54, 1.807) is 13.4 Å². The lowest BCUT2D eigenvalue weighted by molar-refractivity contribution is -0.123. The van der Waals surface area contributed by atoms with Crippen LogP contribution in [0.2, 0.25) is 0 Å². The van der Waals surface area contributed by atoms with Crippen molar-refractivity contribution in [1.82, 2.24) is 0 Å². The van der Waals surface area contributed by atoms with E-state index in [2.05, 4.69) is 6.07 Å². The Balaban J connectivity index is 2.73. The molecule has 0 saturated heterocycles. The Bertz CT molecular complexity index is 357. The number of hydrogen-bond acceptors (Lipinski definition) is 4. The van der Waals surface area contributed by atoms with Crippen molar-refractivity contribution in [3.8, 4) is 6.07 Å². The SMILES string of the molecule is CO/C=C1\CCCCC1(C#N)CCC(=O)COC.